The molecule has 2 amide bonds. The van der Waals surface area contributed by atoms with Crippen LogP contribution in [0.25, 0.3) is 0 Å². The quantitative estimate of drug-likeness (QED) is 0.564. The molecular weight excluding hydrogens is 369 g/mol. The van der Waals surface area contributed by atoms with Crippen molar-refractivity contribution in [2.75, 3.05) is 27.2 Å². The Kier molecular flexibility index (Phi) is 7.65. The van der Waals surface area contributed by atoms with Crippen molar-refractivity contribution >= 4 is 27.8 Å². The van der Waals surface area contributed by atoms with Crippen LogP contribution in [0.15, 0.2) is 29.2 Å². The third-order valence-corrected chi connectivity index (χ3v) is 4.81. The Labute approximate surface area is 150 Å². The van der Waals surface area contributed by atoms with Gasteiger partial charge in [0.1, 0.15) is 16.8 Å². The lowest BCUT2D eigenvalue weighted by Gasteiger charge is -2.17. The lowest BCUT2D eigenvalue weighted by molar-refractivity contribution is -0.153. The van der Waals surface area contributed by atoms with E-state index in [1.54, 1.807) is 0 Å². The Morgan fingerprint density at radius 2 is 1.88 bits per heavy atom. The molecule has 0 aliphatic heterocycles. The van der Waals surface area contributed by atoms with Gasteiger partial charge in [-0.15, -0.1) is 0 Å². The van der Waals surface area contributed by atoms with Crippen LogP contribution in [-0.4, -0.2) is 64.4 Å². The fraction of sp³-hybridized carbons (Fsp3) is 0.400. The molecule has 1 rings (SSSR count). The second kappa shape index (κ2) is 9.25. The van der Waals surface area contributed by atoms with Crippen LogP contribution in [-0.2, 0) is 29.1 Å². The number of carbonyl (C=O) groups is 3. The highest BCUT2D eigenvalue weighted by Gasteiger charge is 2.26. The molecule has 0 fully saturated rings. The van der Waals surface area contributed by atoms with Gasteiger partial charge in [0, 0.05) is 14.1 Å². The predicted molar refractivity (Wildman–Crippen MR) is 88.8 cm³/mol. The number of amides is 2. The highest BCUT2D eigenvalue weighted by atomic mass is 32.2. The molecule has 1 atom stereocenters. The number of benzene rings is 1. The van der Waals surface area contributed by atoms with E-state index in [-0.39, 0.29) is 6.54 Å². The van der Waals surface area contributed by atoms with Crippen LogP contribution in [0.1, 0.15) is 6.92 Å². The lowest BCUT2D eigenvalue weighted by Crippen LogP contribution is -2.42. The van der Waals surface area contributed by atoms with Gasteiger partial charge in [0.15, 0.2) is 6.61 Å². The van der Waals surface area contributed by atoms with Crippen LogP contribution in [0.2, 0.25) is 0 Å². The van der Waals surface area contributed by atoms with Gasteiger partial charge >= 0.3 is 5.97 Å². The summed E-state index contributed by atoms with van der Waals surface area (Å²) >= 11 is 0. The van der Waals surface area contributed by atoms with Gasteiger partial charge in [0.25, 0.3) is 5.91 Å². The molecule has 1 aromatic rings. The van der Waals surface area contributed by atoms with Crippen LogP contribution in [0.5, 0.6) is 0 Å². The van der Waals surface area contributed by atoms with Gasteiger partial charge in [0.05, 0.1) is 6.54 Å². The molecule has 0 saturated heterocycles. The van der Waals surface area contributed by atoms with Gasteiger partial charge in [-0.25, -0.2) is 12.8 Å². The molecule has 0 radical (unpaired) electrons. The summed E-state index contributed by atoms with van der Waals surface area (Å²) in [5.41, 5.74) is 0. The Balaban J connectivity index is 2.61. The predicted octanol–water partition coefficient (Wildman–Crippen LogP) is -0.760. The van der Waals surface area contributed by atoms with E-state index in [4.69, 9.17) is 4.74 Å². The molecule has 0 bridgehead atoms. The molecule has 0 aromatic heterocycles. The Morgan fingerprint density at radius 3 is 2.46 bits per heavy atom. The number of likely N-dealkylation sites (N-methyl/N-ethyl adjacent to an activating group) is 2. The molecule has 0 spiro atoms. The van der Waals surface area contributed by atoms with Crippen LogP contribution >= 0.6 is 0 Å². The van der Waals surface area contributed by atoms with Crippen molar-refractivity contribution in [3.63, 3.8) is 0 Å². The van der Waals surface area contributed by atoms with E-state index in [0.29, 0.717) is 0 Å². The monoisotopic (exact) mass is 389 g/mol. The summed E-state index contributed by atoms with van der Waals surface area (Å²) in [6, 6.07) is 3.33. The first-order valence-corrected chi connectivity index (χ1v) is 8.95. The smallest absolute Gasteiger partial charge is 0.324 e. The molecular formula is C15H20FN3O6S. The van der Waals surface area contributed by atoms with Crippen molar-refractivity contribution in [2.24, 2.45) is 0 Å². The second-order valence-corrected chi connectivity index (χ2v) is 6.99. The Bertz CT molecular complexity index is 783. The molecule has 26 heavy (non-hydrogen) atoms. The Hall–Kier alpha value is -2.53. The second-order valence-electron chi connectivity index (χ2n) is 5.30. The van der Waals surface area contributed by atoms with E-state index >= 15 is 0 Å². The maximum absolute atomic E-state index is 13.6. The summed E-state index contributed by atoms with van der Waals surface area (Å²) in [6.07, 6.45) is 0. The van der Waals surface area contributed by atoms with E-state index < -0.39 is 51.2 Å². The maximum atomic E-state index is 13.6. The summed E-state index contributed by atoms with van der Waals surface area (Å²) in [7, 11) is -1.53. The number of hydrogen-bond donors (Lipinski definition) is 2. The molecule has 0 heterocycles. The zero-order chi connectivity index (χ0) is 19.9. The zero-order valence-corrected chi connectivity index (χ0v) is 15.3. The number of sulfonamides is 1. The number of carbonyl (C=O) groups excluding carboxylic acids is 3. The molecule has 0 aliphatic carbocycles. The largest absolute Gasteiger partial charge is 0.454 e. The SMILES string of the molecule is CNC(=O)CN(C)C(=O)COC(=O)[C@H](C)NS(=O)(=O)c1ccccc1F. The number of ether oxygens (including phenoxy) is 1. The molecule has 2 N–H and O–H groups in total. The van der Waals surface area contributed by atoms with Crippen LogP contribution in [0.3, 0.4) is 0 Å². The van der Waals surface area contributed by atoms with Gasteiger partial charge < -0.3 is 15.0 Å². The standard InChI is InChI=1S/C15H20FN3O6S/c1-10(18-26(23,24)12-7-5-4-6-11(12)16)15(22)25-9-14(21)19(3)8-13(20)17-2/h4-7,10,18H,8-9H2,1-3H3,(H,17,20)/t10-/m0/s1. The number of nitrogens with one attached hydrogen (secondary N) is 2. The van der Waals surface area contributed by atoms with E-state index in [2.05, 4.69) is 5.32 Å². The molecule has 0 saturated carbocycles. The summed E-state index contributed by atoms with van der Waals surface area (Å²) in [6.45, 7) is 0.305. The third-order valence-electron chi connectivity index (χ3n) is 3.23. The fourth-order valence-corrected chi connectivity index (χ4v) is 3.03. The maximum Gasteiger partial charge on any atom is 0.324 e. The average Bonchev–Trinajstić information content (AvgIpc) is 2.58. The fourth-order valence-electron chi connectivity index (χ4n) is 1.76. The number of hydrogen-bond acceptors (Lipinski definition) is 6. The zero-order valence-electron chi connectivity index (χ0n) is 14.5. The van der Waals surface area contributed by atoms with Gasteiger partial charge in [-0.05, 0) is 19.1 Å². The highest BCUT2D eigenvalue weighted by molar-refractivity contribution is 7.89. The topological polar surface area (TPSA) is 122 Å². The average molecular weight is 389 g/mol. The summed E-state index contributed by atoms with van der Waals surface area (Å²) in [5, 5.41) is 2.33. The minimum atomic E-state index is -4.28. The number of rotatable bonds is 8. The van der Waals surface area contributed by atoms with Crippen LogP contribution in [0, 0.1) is 5.82 Å². The van der Waals surface area contributed by atoms with Crippen molar-refractivity contribution in [2.45, 2.75) is 17.9 Å². The third kappa shape index (κ3) is 6.08. The minimum Gasteiger partial charge on any atom is -0.454 e. The van der Waals surface area contributed by atoms with Gasteiger partial charge in [-0.3, -0.25) is 14.4 Å². The first kappa shape index (κ1) is 21.5. The first-order valence-electron chi connectivity index (χ1n) is 7.46. The van der Waals surface area contributed by atoms with Crippen molar-refractivity contribution in [1.82, 2.24) is 14.9 Å². The number of esters is 1. The van der Waals surface area contributed by atoms with E-state index in [0.717, 1.165) is 17.0 Å². The van der Waals surface area contributed by atoms with Crippen LogP contribution in [0.4, 0.5) is 4.39 Å². The molecule has 11 heteroatoms. The van der Waals surface area contributed by atoms with E-state index in [1.807, 2.05) is 4.72 Å². The summed E-state index contributed by atoms with van der Waals surface area (Å²) < 4.78 is 44.5. The molecule has 9 nitrogen and oxygen atoms in total. The van der Waals surface area contributed by atoms with Gasteiger partial charge in [-0.1, -0.05) is 12.1 Å². The van der Waals surface area contributed by atoms with Crippen molar-refractivity contribution in [1.29, 1.82) is 0 Å². The molecule has 0 aliphatic rings. The summed E-state index contributed by atoms with van der Waals surface area (Å²) in [5.74, 6) is -3.04. The van der Waals surface area contributed by atoms with E-state index in [9.17, 15) is 27.2 Å². The first-order chi connectivity index (χ1) is 12.1. The van der Waals surface area contributed by atoms with Gasteiger partial charge in [-0.2, -0.15) is 4.72 Å². The lowest BCUT2D eigenvalue weighted by atomic mass is 10.3. The highest BCUT2D eigenvalue weighted by Crippen LogP contribution is 2.13. The molecule has 1 aromatic carbocycles. The Morgan fingerprint density at radius 1 is 1.27 bits per heavy atom. The summed E-state index contributed by atoms with van der Waals surface area (Å²) in [4.78, 5) is 35.2. The van der Waals surface area contributed by atoms with Crippen molar-refractivity contribution in [3.8, 4) is 0 Å². The molecule has 0 unspecified atom stereocenters. The van der Waals surface area contributed by atoms with Gasteiger partial charge in [0.2, 0.25) is 15.9 Å². The van der Waals surface area contributed by atoms with E-state index in [1.165, 1.54) is 33.2 Å². The molecule has 144 valence electrons. The number of halogens is 1. The van der Waals surface area contributed by atoms with Crippen molar-refractivity contribution < 1.29 is 31.9 Å². The normalized spacial score (nSPS) is 12.2. The van der Waals surface area contributed by atoms with Crippen LogP contribution < -0.4 is 10.0 Å². The minimum absolute atomic E-state index is 0.220. The number of nitrogens with zero attached hydrogens (tertiary/aromatic N) is 1. The van der Waals surface area contributed by atoms with Crippen molar-refractivity contribution in [3.05, 3.63) is 30.1 Å².